The number of carbonyl (C=O) groups is 2. The van der Waals surface area contributed by atoms with Gasteiger partial charge in [-0.15, -0.1) is 0 Å². The van der Waals surface area contributed by atoms with E-state index >= 15 is 0 Å². The number of hydrogen-bond acceptors (Lipinski definition) is 7. The third kappa shape index (κ3) is 28.7. The molecule has 0 radical (unpaired) electrons. The van der Waals surface area contributed by atoms with Crippen LogP contribution in [0.3, 0.4) is 0 Å². The van der Waals surface area contributed by atoms with Crippen LogP contribution in [0.25, 0.3) is 0 Å². The van der Waals surface area contributed by atoms with Crippen molar-refractivity contribution < 1.29 is 37.6 Å². The number of ether oxygens (including phenoxy) is 2. The average molecular weight is 605 g/mol. The summed E-state index contributed by atoms with van der Waals surface area (Å²) in [6.07, 6.45) is 26.9. The zero-order valence-corrected chi connectivity index (χ0v) is 27.3. The second-order valence-electron chi connectivity index (χ2n) is 10.9. The Labute approximate surface area is 250 Å². The van der Waals surface area contributed by atoms with Crippen molar-refractivity contribution in [2.75, 3.05) is 20.3 Å². The highest BCUT2D eigenvalue weighted by Crippen LogP contribution is 2.42. The Bertz CT molecular complexity index is 697. The van der Waals surface area contributed by atoms with Gasteiger partial charge in [-0.25, -0.2) is 4.57 Å². The summed E-state index contributed by atoms with van der Waals surface area (Å²) in [6, 6.07) is 0. The van der Waals surface area contributed by atoms with Gasteiger partial charge in [0.25, 0.3) is 0 Å². The molecule has 0 heterocycles. The Morgan fingerprint density at radius 3 is 1.61 bits per heavy atom. The Kier molecular flexibility index (Phi) is 28.0. The van der Waals surface area contributed by atoms with Crippen LogP contribution in [0.15, 0.2) is 12.2 Å². The molecule has 0 aliphatic carbocycles. The minimum absolute atomic E-state index is 0.224. The molecule has 0 aromatic carbocycles. The van der Waals surface area contributed by atoms with Crippen LogP contribution in [-0.4, -0.2) is 43.3 Å². The van der Waals surface area contributed by atoms with Gasteiger partial charge < -0.3 is 14.4 Å². The topological polar surface area (TPSA) is 108 Å². The lowest BCUT2D eigenvalue weighted by atomic mass is 10.1. The number of hydrogen-bond donors (Lipinski definition) is 1. The van der Waals surface area contributed by atoms with E-state index in [1.807, 2.05) is 0 Å². The van der Waals surface area contributed by atoms with Crippen LogP contribution in [0.5, 0.6) is 0 Å². The third-order valence-corrected chi connectivity index (χ3v) is 7.95. The van der Waals surface area contributed by atoms with Crippen molar-refractivity contribution in [2.24, 2.45) is 0 Å². The summed E-state index contributed by atoms with van der Waals surface area (Å²) < 4.78 is 31.7. The van der Waals surface area contributed by atoms with Gasteiger partial charge in [0.1, 0.15) is 6.61 Å². The molecule has 0 rings (SSSR count). The lowest BCUT2D eigenvalue weighted by Crippen LogP contribution is -2.29. The van der Waals surface area contributed by atoms with Gasteiger partial charge >= 0.3 is 19.8 Å². The van der Waals surface area contributed by atoms with Gasteiger partial charge in [-0.05, 0) is 38.5 Å². The first-order valence-electron chi connectivity index (χ1n) is 16.4. The summed E-state index contributed by atoms with van der Waals surface area (Å²) in [5.74, 6) is -0.816. The fourth-order valence-electron chi connectivity index (χ4n) is 4.42. The van der Waals surface area contributed by atoms with E-state index in [1.165, 1.54) is 70.6 Å². The summed E-state index contributed by atoms with van der Waals surface area (Å²) in [7, 11) is -3.19. The van der Waals surface area contributed by atoms with Crippen molar-refractivity contribution in [2.45, 2.75) is 161 Å². The molecule has 0 aliphatic rings. The van der Waals surface area contributed by atoms with Crippen molar-refractivity contribution in [1.82, 2.24) is 0 Å². The summed E-state index contributed by atoms with van der Waals surface area (Å²) in [5.41, 5.74) is 0. The predicted octanol–water partition coefficient (Wildman–Crippen LogP) is 9.38. The number of unbranched alkanes of at least 4 members (excludes halogenated alkanes) is 17. The number of carbonyl (C=O) groups excluding carboxylic acids is 2. The van der Waals surface area contributed by atoms with Gasteiger partial charge in [-0.2, -0.15) is 0 Å². The molecule has 2 unspecified atom stereocenters. The molecule has 0 aromatic heterocycles. The Morgan fingerprint density at radius 1 is 0.659 bits per heavy atom. The lowest BCUT2D eigenvalue weighted by Gasteiger charge is -2.19. The van der Waals surface area contributed by atoms with E-state index in [0.717, 1.165) is 58.5 Å². The predicted molar refractivity (Wildman–Crippen MR) is 166 cm³/mol. The number of phosphoric acid groups is 1. The molecule has 0 aliphatic heterocycles. The molecule has 0 spiro atoms. The van der Waals surface area contributed by atoms with E-state index in [1.54, 1.807) is 0 Å². The first-order valence-corrected chi connectivity index (χ1v) is 17.9. The van der Waals surface area contributed by atoms with Crippen LogP contribution >= 0.6 is 7.82 Å². The van der Waals surface area contributed by atoms with Gasteiger partial charge in [0.05, 0.1) is 6.61 Å². The molecular weight excluding hydrogens is 543 g/mol. The van der Waals surface area contributed by atoms with Crippen LogP contribution in [-0.2, 0) is 32.7 Å². The lowest BCUT2D eigenvalue weighted by molar-refractivity contribution is -0.161. The molecule has 41 heavy (non-hydrogen) atoms. The average Bonchev–Trinajstić information content (AvgIpc) is 2.96. The molecule has 2 atom stereocenters. The summed E-state index contributed by atoms with van der Waals surface area (Å²) in [5, 5.41) is 0. The van der Waals surface area contributed by atoms with Gasteiger partial charge in [-0.1, -0.05) is 116 Å². The Balaban J connectivity index is 4.14. The van der Waals surface area contributed by atoms with Crippen LogP contribution in [0.1, 0.15) is 155 Å². The number of rotatable bonds is 30. The van der Waals surface area contributed by atoms with E-state index in [2.05, 4.69) is 30.5 Å². The van der Waals surface area contributed by atoms with Gasteiger partial charge in [0, 0.05) is 20.0 Å². The standard InChI is InChI=1S/C32H61O8P/c1-4-6-8-10-12-14-15-16-17-19-21-23-25-27-32(34)40-30(29-39-41(35,36)37-3)28-38-31(33)26-24-22-20-18-13-11-9-7-5-2/h14-15,30H,4-13,16-29H2,1-3H3,(H,35,36)/b15-14-. The van der Waals surface area contributed by atoms with Crippen LogP contribution < -0.4 is 0 Å². The molecule has 9 heteroatoms. The normalized spacial score (nSPS) is 13.8. The van der Waals surface area contributed by atoms with Crippen molar-refractivity contribution in [1.29, 1.82) is 0 Å². The zero-order chi connectivity index (χ0) is 30.4. The molecule has 0 amide bonds. The maximum Gasteiger partial charge on any atom is 0.472 e. The van der Waals surface area contributed by atoms with Crippen molar-refractivity contribution >= 4 is 19.8 Å². The molecule has 0 saturated carbocycles. The summed E-state index contributed by atoms with van der Waals surface area (Å²) >= 11 is 0. The highest BCUT2D eigenvalue weighted by Gasteiger charge is 2.24. The van der Waals surface area contributed by atoms with Crippen LogP contribution in [0, 0.1) is 0 Å². The quantitative estimate of drug-likeness (QED) is 0.0374. The highest BCUT2D eigenvalue weighted by atomic mass is 31.2. The molecule has 0 saturated heterocycles. The fraction of sp³-hybridized carbons (Fsp3) is 0.875. The van der Waals surface area contributed by atoms with Crippen molar-refractivity contribution in [3.8, 4) is 0 Å². The molecule has 8 nitrogen and oxygen atoms in total. The highest BCUT2D eigenvalue weighted by molar-refractivity contribution is 7.47. The second-order valence-corrected chi connectivity index (χ2v) is 12.5. The van der Waals surface area contributed by atoms with Gasteiger partial charge in [0.15, 0.2) is 6.10 Å². The Morgan fingerprint density at radius 2 is 1.10 bits per heavy atom. The smallest absolute Gasteiger partial charge is 0.462 e. The SMILES string of the molecule is CCCCCC/C=C\CCCCCCCC(=O)OC(COC(=O)CCCCCCCCCCC)COP(=O)(O)OC. The molecule has 0 fully saturated rings. The maximum absolute atomic E-state index is 12.4. The minimum atomic E-state index is -4.24. The molecule has 0 bridgehead atoms. The monoisotopic (exact) mass is 604 g/mol. The summed E-state index contributed by atoms with van der Waals surface area (Å²) in [6.45, 7) is 3.82. The fourth-order valence-corrected chi connectivity index (χ4v) is 4.88. The van der Waals surface area contributed by atoms with E-state index in [-0.39, 0.29) is 19.0 Å². The summed E-state index contributed by atoms with van der Waals surface area (Å²) in [4.78, 5) is 34.1. The van der Waals surface area contributed by atoms with Crippen LogP contribution in [0.2, 0.25) is 0 Å². The molecule has 242 valence electrons. The van der Waals surface area contributed by atoms with E-state index in [9.17, 15) is 19.0 Å². The van der Waals surface area contributed by atoms with Gasteiger partial charge in [0.2, 0.25) is 0 Å². The number of allylic oxidation sites excluding steroid dienone is 2. The van der Waals surface area contributed by atoms with Crippen LogP contribution in [0.4, 0.5) is 0 Å². The van der Waals surface area contributed by atoms with E-state index in [4.69, 9.17) is 14.0 Å². The van der Waals surface area contributed by atoms with E-state index in [0.29, 0.717) is 12.8 Å². The maximum atomic E-state index is 12.4. The van der Waals surface area contributed by atoms with Crippen molar-refractivity contribution in [3.05, 3.63) is 12.2 Å². The Hall–Kier alpha value is -1.21. The first-order chi connectivity index (χ1) is 19.8. The van der Waals surface area contributed by atoms with E-state index < -0.39 is 26.5 Å². The molecule has 1 N–H and O–H groups in total. The minimum Gasteiger partial charge on any atom is -0.462 e. The number of esters is 2. The zero-order valence-electron chi connectivity index (χ0n) is 26.5. The molecule has 0 aromatic rings. The number of phosphoric ester groups is 1. The van der Waals surface area contributed by atoms with Gasteiger partial charge in [-0.3, -0.25) is 18.6 Å². The first kappa shape index (κ1) is 39.8. The second kappa shape index (κ2) is 28.9. The third-order valence-electron chi connectivity index (χ3n) is 7.01. The molecular formula is C32H61O8P. The van der Waals surface area contributed by atoms with Crippen molar-refractivity contribution in [3.63, 3.8) is 0 Å². The largest absolute Gasteiger partial charge is 0.472 e.